The van der Waals surface area contributed by atoms with Crippen molar-refractivity contribution < 1.29 is 9.84 Å². The number of methoxy groups -OCH3 is 1. The van der Waals surface area contributed by atoms with Gasteiger partial charge in [-0.05, 0) is 36.5 Å². The van der Waals surface area contributed by atoms with Crippen LogP contribution < -0.4 is 10.1 Å². The number of hydrogen-bond donors (Lipinski definition) is 2. The topological polar surface area (TPSA) is 44.7 Å². The van der Waals surface area contributed by atoms with E-state index in [0.29, 0.717) is 11.8 Å². The number of hydrogen-bond acceptors (Lipinski definition) is 4. The van der Waals surface area contributed by atoms with E-state index in [2.05, 4.69) is 16.3 Å². The number of piperazine rings is 1. The van der Waals surface area contributed by atoms with Gasteiger partial charge in [0.1, 0.15) is 0 Å². The van der Waals surface area contributed by atoms with Crippen molar-refractivity contribution >= 4 is 24.8 Å². The zero-order valence-corrected chi connectivity index (χ0v) is 14.6. The lowest BCUT2D eigenvalue weighted by atomic mass is 9.76. The molecule has 1 saturated heterocycles. The summed E-state index contributed by atoms with van der Waals surface area (Å²) in [6, 6.07) is 6.31. The summed E-state index contributed by atoms with van der Waals surface area (Å²) in [5, 5.41) is 13.2. The number of rotatable bonds is 4. The second-order valence-electron chi connectivity index (χ2n) is 5.85. The molecule has 0 amide bonds. The van der Waals surface area contributed by atoms with E-state index in [9.17, 15) is 5.11 Å². The molecule has 2 N–H and O–H groups in total. The van der Waals surface area contributed by atoms with Gasteiger partial charge in [0.25, 0.3) is 0 Å². The third kappa shape index (κ3) is 3.99. The number of benzene rings is 1. The van der Waals surface area contributed by atoms with Crippen LogP contribution in [0.25, 0.3) is 0 Å². The lowest BCUT2D eigenvalue weighted by molar-refractivity contribution is 0.0835. The highest BCUT2D eigenvalue weighted by Gasteiger charge is 2.33. The molecule has 0 radical (unpaired) electrons. The molecule has 1 atom stereocenters. The Balaban J connectivity index is 0.00000121. The van der Waals surface area contributed by atoms with E-state index in [1.165, 1.54) is 24.8 Å². The van der Waals surface area contributed by atoms with E-state index in [4.69, 9.17) is 4.74 Å². The molecule has 22 heavy (non-hydrogen) atoms. The Bertz CT molecular complexity index is 463. The number of nitrogens with one attached hydrogen (secondary N) is 1. The summed E-state index contributed by atoms with van der Waals surface area (Å²) in [4.78, 5) is 2.59. The minimum atomic E-state index is 0. The van der Waals surface area contributed by atoms with E-state index in [1.807, 2.05) is 6.07 Å². The first-order valence-corrected chi connectivity index (χ1v) is 7.61. The second kappa shape index (κ2) is 8.82. The Morgan fingerprint density at radius 1 is 1.23 bits per heavy atom. The highest BCUT2D eigenvalue weighted by atomic mass is 35.5. The molecule has 2 fully saturated rings. The first kappa shape index (κ1) is 19.4. The molecule has 1 aliphatic carbocycles. The second-order valence-corrected chi connectivity index (χ2v) is 5.85. The number of ether oxygens (including phenoxy) is 1. The van der Waals surface area contributed by atoms with Gasteiger partial charge < -0.3 is 15.2 Å². The Morgan fingerprint density at radius 2 is 1.91 bits per heavy atom. The minimum absolute atomic E-state index is 0. The Morgan fingerprint density at radius 3 is 2.45 bits per heavy atom. The summed E-state index contributed by atoms with van der Waals surface area (Å²) in [7, 11) is 1.61. The summed E-state index contributed by atoms with van der Waals surface area (Å²) in [5.74, 6) is 1.56. The highest BCUT2D eigenvalue weighted by Crippen LogP contribution is 2.43. The van der Waals surface area contributed by atoms with Gasteiger partial charge in [0.2, 0.25) is 0 Å². The third-order valence-corrected chi connectivity index (χ3v) is 4.69. The zero-order chi connectivity index (χ0) is 13.9. The normalized spacial score (nSPS) is 20.2. The first-order valence-electron chi connectivity index (χ1n) is 7.61. The van der Waals surface area contributed by atoms with Crippen LogP contribution in [0.5, 0.6) is 11.5 Å². The zero-order valence-electron chi connectivity index (χ0n) is 13.0. The fourth-order valence-electron chi connectivity index (χ4n) is 3.38. The van der Waals surface area contributed by atoms with E-state index >= 15 is 0 Å². The van der Waals surface area contributed by atoms with Crippen LogP contribution in [0, 0.1) is 5.92 Å². The minimum Gasteiger partial charge on any atom is -0.504 e. The lowest BCUT2D eigenvalue weighted by Crippen LogP contribution is -2.47. The average molecular weight is 349 g/mol. The summed E-state index contributed by atoms with van der Waals surface area (Å²) < 4.78 is 5.27. The van der Waals surface area contributed by atoms with Crippen LogP contribution in [0.1, 0.15) is 30.9 Å². The van der Waals surface area contributed by atoms with Gasteiger partial charge in [0.15, 0.2) is 11.5 Å². The van der Waals surface area contributed by atoms with Gasteiger partial charge in [-0.1, -0.05) is 12.5 Å². The number of halogens is 2. The van der Waals surface area contributed by atoms with Gasteiger partial charge in [0.05, 0.1) is 7.11 Å². The molecule has 3 rings (SSSR count). The van der Waals surface area contributed by atoms with Gasteiger partial charge in [-0.25, -0.2) is 0 Å². The predicted octanol–water partition coefficient (Wildman–Crippen LogP) is 2.99. The van der Waals surface area contributed by atoms with Crippen molar-refractivity contribution in [1.29, 1.82) is 0 Å². The predicted molar refractivity (Wildman–Crippen MR) is 93.7 cm³/mol. The van der Waals surface area contributed by atoms with Gasteiger partial charge in [-0.3, -0.25) is 4.90 Å². The maximum absolute atomic E-state index is 9.79. The SMILES string of the molecule is COc1cc([C@H](C2CCC2)N2CCNCC2)ccc1O.Cl.Cl. The first-order chi connectivity index (χ1) is 9.79. The van der Waals surface area contributed by atoms with Gasteiger partial charge in [-0.15, -0.1) is 24.8 Å². The molecule has 0 spiro atoms. The number of nitrogens with zero attached hydrogens (tertiary/aromatic N) is 1. The van der Waals surface area contributed by atoms with E-state index in [1.54, 1.807) is 13.2 Å². The molecule has 1 aliphatic heterocycles. The van der Waals surface area contributed by atoms with Gasteiger partial charge >= 0.3 is 0 Å². The van der Waals surface area contributed by atoms with Crippen LogP contribution in [-0.2, 0) is 0 Å². The molecular weight excluding hydrogens is 323 g/mol. The monoisotopic (exact) mass is 348 g/mol. The molecule has 0 aromatic heterocycles. The standard InChI is InChI=1S/C16H24N2O2.2ClH/c1-20-15-11-13(5-6-14(15)19)16(12-3-2-4-12)18-9-7-17-8-10-18;;/h5-6,11-12,16-17,19H,2-4,7-10H2,1H3;2*1H/t16-;;/m0../s1. The molecule has 0 unspecified atom stereocenters. The van der Waals surface area contributed by atoms with Crippen LogP contribution in [-0.4, -0.2) is 43.3 Å². The molecule has 2 aliphatic rings. The fraction of sp³-hybridized carbons (Fsp3) is 0.625. The molecule has 1 heterocycles. The van der Waals surface area contributed by atoms with Gasteiger partial charge in [0, 0.05) is 32.2 Å². The van der Waals surface area contributed by atoms with Crippen LogP contribution >= 0.6 is 24.8 Å². The molecule has 0 bridgehead atoms. The summed E-state index contributed by atoms with van der Waals surface area (Å²) in [5.41, 5.74) is 1.28. The van der Waals surface area contributed by atoms with Crippen molar-refractivity contribution in [2.24, 2.45) is 5.92 Å². The van der Waals surface area contributed by atoms with Crippen LogP contribution in [0.4, 0.5) is 0 Å². The summed E-state index contributed by atoms with van der Waals surface area (Å²) in [6.07, 6.45) is 3.98. The molecule has 126 valence electrons. The lowest BCUT2D eigenvalue weighted by Gasteiger charge is -2.43. The molecule has 1 saturated carbocycles. The van der Waals surface area contributed by atoms with E-state index in [-0.39, 0.29) is 30.6 Å². The third-order valence-electron chi connectivity index (χ3n) is 4.69. The van der Waals surface area contributed by atoms with E-state index in [0.717, 1.165) is 32.1 Å². The maximum Gasteiger partial charge on any atom is 0.160 e. The molecule has 4 nitrogen and oxygen atoms in total. The summed E-state index contributed by atoms with van der Waals surface area (Å²) in [6.45, 7) is 4.34. The average Bonchev–Trinajstić information content (AvgIpc) is 2.44. The van der Waals surface area contributed by atoms with Crippen molar-refractivity contribution in [3.63, 3.8) is 0 Å². The Hall–Kier alpha value is -0.680. The van der Waals surface area contributed by atoms with Crippen molar-refractivity contribution in [2.45, 2.75) is 25.3 Å². The maximum atomic E-state index is 9.79. The fourth-order valence-corrected chi connectivity index (χ4v) is 3.38. The highest BCUT2D eigenvalue weighted by molar-refractivity contribution is 5.85. The van der Waals surface area contributed by atoms with Gasteiger partial charge in [-0.2, -0.15) is 0 Å². The van der Waals surface area contributed by atoms with E-state index < -0.39 is 0 Å². The number of phenolic OH excluding ortho intramolecular Hbond substituents is 1. The largest absolute Gasteiger partial charge is 0.504 e. The molecule has 1 aromatic rings. The Kier molecular flexibility index (Phi) is 7.77. The van der Waals surface area contributed by atoms with Crippen molar-refractivity contribution in [3.8, 4) is 11.5 Å². The van der Waals surface area contributed by atoms with Crippen molar-refractivity contribution in [3.05, 3.63) is 23.8 Å². The molecule has 6 heteroatoms. The molecular formula is C16H26Cl2N2O2. The number of phenols is 1. The smallest absolute Gasteiger partial charge is 0.160 e. The van der Waals surface area contributed by atoms with Crippen molar-refractivity contribution in [2.75, 3.05) is 33.3 Å². The quantitative estimate of drug-likeness (QED) is 0.877. The summed E-state index contributed by atoms with van der Waals surface area (Å²) >= 11 is 0. The van der Waals surface area contributed by atoms with Crippen LogP contribution in [0.15, 0.2) is 18.2 Å². The van der Waals surface area contributed by atoms with Crippen molar-refractivity contribution in [1.82, 2.24) is 10.2 Å². The molecule has 1 aromatic carbocycles. The number of aromatic hydroxyl groups is 1. The Labute approximate surface area is 145 Å². The van der Waals surface area contributed by atoms with Crippen LogP contribution in [0.2, 0.25) is 0 Å². The van der Waals surface area contributed by atoms with Crippen LogP contribution in [0.3, 0.4) is 0 Å².